The first-order chi connectivity index (χ1) is 22.2. The molecule has 10 aromatic rings. The van der Waals surface area contributed by atoms with Gasteiger partial charge >= 0.3 is 0 Å². The maximum absolute atomic E-state index is 2.42. The van der Waals surface area contributed by atoms with Crippen LogP contribution >= 0.6 is 0 Å². The fourth-order valence-electron chi connectivity index (χ4n) is 7.74. The molecule has 0 aliphatic heterocycles. The number of fused-ring (bicyclic) bond motifs is 8. The predicted molar refractivity (Wildman–Crippen MR) is 196 cm³/mol. The number of benzene rings is 10. The van der Waals surface area contributed by atoms with E-state index in [0.29, 0.717) is 0 Å². The van der Waals surface area contributed by atoms with Crippen LogP contribution in [0.5, 0.6) is 0 Å². The van der Waals surface area contributed by atoms with Crippen molar-refractivity contribution in [2.45, 2.75) is 6.42 Å². The molecule has 0 amide bonds. The molecule has 0 N–H and O–H groups in total. The highest BCUT2D eigenvalue weighted by Gasteiger charge is 2.16. The van der Waals surface area contributed by atoms with Crippen LogP contribution in [0.3, 0.4) is 0 Å². The van der Waals surface area contributed by atoms with Crippen LogP contribution < -0.4 is 0 Å². The van der Waals surface area contributed by atoms with Crippen molar-refractivity contribution in [3.8, 4) is 0 Å². The molecule has 0 heteroatoms. The van der Waals surface area contributed by atoms with Crippen LogP contribution in [-0.2, 0) is 6.42 Å². The number of hydrogen-bond donors (Lipinski definition) is 0. The fourth-order valence-corrected chi connectivity index (χ4v) is 7.74. The average Bonchev–Trinajstić information content (AvgIpc) is 3.08. The molecular weight excluding hydrogens is 540 g/mol. The second-order valence-electron chi connectivity index (χ2n) is 12.6. The first-order valence-electron chi connectivity index (χ1n) is 15.8. The minimum Gasteiger partial charge on any atom is -0.0616 e. The van der Waals surface area contributed by atoms with Crippen molar-refractivity contribution in [1.29, 1.82) is 0 Å². The van der Waals surface area contributed by atoms with Gasteiger partial charge in [0, 0.05) is 0 Å². The molecule has 0 saturated heterocycles. The number of rotatable bonds is 2. The van der Waals surface area contributed by atoms with Crippen LogP contribution in [0.1, 0.15) is 11.1 Å². The molecule has 0 fully saturated rings. The van der Waals surface area contributed by atoms with Crippen molar-refractivity contribution < 1.29 is 0 Å². The Kier molecular flexibility index (Phi) is 5.15. The SMILES string of the molecule is c1ccc2cc3c(Cc4c5cc6ccccc6cc5cc5cc6ccccc6cc45)c4cc5ccccc5cc4cc3cc2c1. The second-order valence-corrected chi connectivity index (χ2v) is 12.6. The monoisotopic (exact) mass is 568 g/mol. The molecule has 0 unspecified atom stereocenters. The normalized spacial score (nSPS) is 12.1. The van der Waals surface area contributed by atoms with Crippen molar-refractivity contribution in [3.05, 3.63) is 169 Å². The summed E-state index contributed by atoms with van der Waals surface area (Å²) in [5.74, 6) is 0. The summed E-state index contributed by atoms with van der Waals surface area (Å²) in [6.45, 7) is 0. The standard InChI is InChI=1S/C45H28/c1-5-13-32-23-40-36(17-28(32)9-1)21-37-18-29-10-2-6-14-33(29)24-41(37)44(40)27-45-42-25-34-15-7-3-11-30(34)19-38(42)22-39-20-31-12-4-8-16-35(31)26-43(39)45/h1-26H,27H2. The Morgan fingerprint density at radius 1 is 0.222 bits per heavy atom. The van der Waals surface area contributed by atoms with Gasteiger partial charge in [-0.2, -0.15) is 0 Å². The van der Waals surface area contributed by atoms with Crippen LogP contribution in [-0.4, -0.2) is 0 Å². The van der Waals surface area contributed by atoms with Gasteiger partial charge in [-0.15, -0.1) is 0 Å². The molecule has 0 aromatic heterocycles. The van der Waals surface area contributed by atoms with Crippen LogP contribution in [0.2, 0.25) is 0 Å². The Bertz CT molecular complexity index is 2450. The van der Waals surface area contributed by atoms with Gasteiger partial charge in [-0.3, -0.25) is 0 Å². The lowest BCUT2D eigenvalue weighted by Crippen LogP contribution is -1.97. The summed E-state index contributed by atoms with van der Waals surface area (Å²) in [7, 11) is 0. The first-order valence-corrected chi connectivity index (χ1v) is 15.8. The fraction of sp³-hybridized carbons (Fsp3) is 0.0222. The maximum atomic E-state index is 2.42. The molecule has 45 heavy (non-hydrogen) atoms. The van der Waals surface area contributed by atoms with Gasteiger partial charge < -0.3 is 0 Å². The zero-order valence-electron chi connectivity index (χ0n) is 24.7. The molecule has 0 bridgehead atoms. The van der Waals surface area contributed by atoms with Gasteiger partial charge in [-0.1, -0.05) is 97.1 Å². The highest BCUT2D eigenvalue weighted by molar-refractivity contribution is 6.14. The van der Waals surface area contributed by atoms with Crippen LogP contribution in [0, 0.1) is 0 Å². The molecule has 0 atom stereocenters. The van der Waals surface area contributed by atoms with Gasteiger partial charge in [-0.05, 0) is 164 Å². The van der Waals surface area contributed by atoms with Gasteiger partial charge in [0.1, 0.15) is 0 Å². The van der Waals surface area contributed by atoms with E-state index in [-0.39, 0.29) is 0 Å². The molecule has 0 spiro atoms. The van der Waals surface area contributed by atoms with E-state index in [1.165, 1.54) is 97.3 Å². The Morgan fingerprint density at radius 3 is 0.667 bits per heavy atom. The summed E-state index contributed by atoms with van der Waals surface area (Å²) in [6, 6.07) is 59.1. The van der Waals surface area contributed by atoms with Crippen molar-refractivity contribution >= 4 is 86.2 Å². The molecule has 0 heterocycles. The van der Waals surface area contributed by atoms with Crippen molar-refractivity contribution in [1.82, 2.24) is 0 Å². The molecule has 0 nitrogen and oxygen atoms in total. The smallest absolute Gasteiger partial charge is 0.000110 e. The molecular formula is C45H28. The quantitative estimate of drug-likeness (QED) is 0.182. The van der Waals surface area contributed by atoms with Crippen molar-refractivity contribution in [2.24, 2.45) is 0 Å². The molecule has 0 radical (unpaired) electrons. The predicted octanol–water partition coefficient (Wildman–Crippen LogP) is 12.5. The summed E-state index contributed by atoms with van der Waals surface area (Å²) < 4.78 is 0. The van der Waals surface area contributed by atoms with Crippen LogP contribution in [0.25, 0.3) is 86.2 Å². The lowest BCUT2D eigenvalue weighted by atomic mass is 9.85. The Morgan fingerprint density at radius 2 is 0.422 bits per heavy atom. The molecule has 10 rings (SSSR count). The number of hydrogen-bond acceptors (Lipinski definition) is 0. The molecule has 0 aliphatic rings. The Labute approximate surface area is 260 Å². The van der Waals surface area contributed by atoms with E-state index in [2.05, 4.69) is 158 Å². The van der Waals surface area contributed by atoms with Gasteiger partial charge in [0.05, 0.1) is 0 Å². The average molecular weight is 569 g/mol. The lowest BCUT2D eigenvalue weighted by Gasteiger charge is -2.18. The summed E-state index contributed by atoms with van der Waals surface area (Å²) in [4.78, 5) is 0. The maximum Gasteiger partial charge on any atom is -0.000110 e. The summed E-state index contributed by atoms with van der Waals surface area (Å²) in [5, 5.41) is 20.8. The van der Waals surface area contributed by atoms with Crippen molar-refractivity contribution in [3.63, 3.8) is 0 Å². The first kappa shape index (κ1) is 24.7. The third-order valence-electron chi connectivity index (χ3n) is 9.95. The van der Waals surface area contributed by atoms with Gasteiger partial charge in [-0.25, -0.2) is 0 Å². The molecule has 0 saturated carbocycles. The van der Waals surface area contributed by atoms with E-state index < -0.39 is 0 Å². The largest absolute Gasteiger partial charge is 0.0616 e. The van der Waals surface area contributed by atoms with Gasteiger partial charge in [0.15, 0.2) is 0 Å². The lowest BCUT2D eigenvalue weighted by molar-refractivity contribution is 1.28. The van der Waals surface area contributed by atoms with Gasteiger partial charge in [0.25, 0.3) is 0 Å². The Hall–Kier alpha value is -5.72. The third kappa shape index (κ3) is 3.86. The minimum absolute atomic E-state index is 0.842. The van der Waals surface area contributed by atoms with E-state index in [1.54, 1.807) is 0 Å². The van der Waals surface area contributed by atoms with E-state index in [0.717, 1.165) is 6.42 Å². The van der Waals surface area contributed by atoms with Crippen LogP contribution in [0.4, 0.5) is 0 Å². The van der Waals surface area contributed by atoms with E-state index in [9.17, 15) is 0 Å². The van der Waals surface area contributed by atoms with Gasteiger partial charge in [0.2, 0.25) is 0 Å². The molecule has 208 valence electrons. The summed E-state index contributed by atoms with van der Waals surface area (Å²) in [5.41, 5.74) is 2.79. The third-order valence-corrected chi connectivity index (χ3v) is 9.95. The molecule has 0 aliphatic carbocycles. The van der Waals surface area contributed by atoms with E-state index in [4.69, 9.17) is 0 Å². The van der Waals surface area contributed by atoms with Crippen LogP contribution in [0.15, 0.2) is 158 Å². The highest BCUT2D eigenvalue weighted by atomic mass is 14.2. The zero-order chi connectivity index (χ0) is 29.5. The highest BCUT2D eigenvalue weighted by Crippen LogP contribution is 2.40. The summed E-state index contributed by atoms with van der Waals surface area (Å²) in [6.07, 6.45) is 0.842. The molecule has 10 aromatic carbocycles. The topological polar surface area (TPSA) is 0 Å². The summed E-state index contributed by atoms with van der Waals surface area (Å²) >= 11 is 0. The van der Waals surface area contributed by atoms with Crippen molar-refractivity contribution in [2.75, 3.05) is 0 Å². The Balaban J connectivity index is 1.36. The zero-order valence-corrected chi connectivity index (χ0v) is 24.7. The minimum atomic E-state index is 0.842. The van der Waals surface area contributed by atoms with E-state index >= 15 is 0 Å². The second kappa shape index (κ2) is 9.39. The van der Waals surface area contributed by atoms with E-state index in [1.807, 2.05) is 0 Å².